The van der Waals surface area contributed by atoms with Gasteiger partial charge in [-0.1, -0.05) is 38.5 Å². The molecule has 1 aliphatic carbocycles. The molecule has 0 bridgehead atoms. The van der Waals surface area contributed by atoms with Crippen molar-refractivity contribution in [3.8, 4) is 0 Å². The third kappa shape index (κ3) is 3.46. The molecule has 0 radical (unpaired) electrons. The summed E-state index contributed by atoms with van der Waals surface area (Å²) in [5.74, 6) is 0. The van der Waals surface area contributed by atoms with E-state index in [2.05, 4.69) is 0 Å². The predicted octanol–water partition coefficient (Wildman–Crippen LogP) is 2.34. The first-order valence-electron chi connectivity index (χ1n) is 3.00. The van der Waals surface area contributed by atoms with Gasteiger partial charge >= 0.3 is 0 Å². The molecule has 0 saturated heterocycles. The summed E-state index contributed by atoms with van der Waals surface area (Å²) in [6, 6.07) is 0. The second kappa shape index (κ2) is 5.03. The first kappa shape index (κ1) is 7.88. The van der Waals surface area contributed by atoms with Crippen molar-refractivity contribution in [1.29, 1.82) is 0 Å². The van der Waals surface area contributed by atoms with Crippen molar-refractivity contribution < 1.29 is 26.2 Å². The molecule has 0 amide bonds. The van der Waals surface area contributed by atoms with Gasteiger partial charge in [-0.05, 0) is 0 Å². The van der Waals surface area contributed by atoms with Gasteiger partial charge in [0.25, 0.3) is 0 Å². The van der Waals surface area contributed by atoms with Gasteiger partial charge < -0.3 is 0 Å². The predicted molar refractivity (Wildman–Crippen MR) is 27.7 cm³/mol. The standard InChI is InChI=1S/C6H12.Zr/c1-2-4-6-5-3-1;/h1-6H2;. The van der Waals surface area contributed by atoms with Crippen LogP contribution < -0.4 is 0 Å². The zero-order chi connectivity index (χ0) is 4.24. The Kier molecular flexibility index (Phi) is 5.66. The molecule has 1 fully saturated rings. The molecule has 1 heteroatoms. The minimum absolute atomic E-state index is 0. The van der Waals surface area contributed by atoms with Crippen molar-refractivity contribution in [3.63, 3.8) is 0 Å². The first-order valence-corrected chi connectivity index (χ1v) is 3.00. The molecule has 0 aliphatic heterocycles. The molecular weight excluding hydrogens is 163 g/mol. The third-order valence-corrected chi connectivity index (χ3v) is 1.50. The van der Waals surface area contributed by atoms with E-state index >= 15 is 0 Å². The van der Waals surface area contributed by atoms with Crippen LogP contribution in [0.3, 0.4) is 0 Å². The molecule has 0 nitrogen and oxygen atoms in total. The van der Waals surface area contributed by atoms with Gasteiger partial charge in [-0.2, -0.15) is 0 Å². The summed E-state index contributed by atoms with van der Waals surface area (Å²) in [5.41, 5.74) is 0. The molecule has 1 rings (SSSR count). The van der Waals surface area contributed by atoms with Crippen LogP contribution >= 0.6 is 0 Å². The molecule has 0 aromatic carbocycles. The van der Waals surface area contributed by atoms with E-state index in [9.17, 15) is 0 Å². The molecule has 0 spiro atoms. The van der Waals surface area contributed by atoms with Crippen molar-refractivity contribution >= 4 is 0 Å². The average molecular weight is 175 g/mol. The SMILES string of the molecule is C1CCCCC1.[Zr]. The summed E-state index contributed by atoms with van der Waals surface area (Å²) in [6.07, 6.45) is 9.00. The number of hydrogen-bond acceptors (Lipinski definition) is 0. The molecule has 0 aromatic rings. The van der Waals surface area contributed by atoms with Crippen molar-refractivity contribution in [2.24, 2.45) is 0 Å². The van der Waals surface area contributed by atoms with Crippen molar-refractivity contribution in [2.75, 3.05) is 0 Å². The molecule has 0 N–H and O–H groups in total. The zero-order valence-corrected chi connectivity index (χ0v) is 7.20. The van der Waals surface area contributed by atoms with Crippen LogP contribution in [-0.4, -0.2) is 0 Å². The largest absolute Gasteiger partial charge is 0.0533 e. The van der Waals surface area contributed by atoms with Crippen LogP contribution in [0.25, 0.3) is 0 Å². The van der Waals surface area contributed by atoms with Gasteiger partial charge in [0, 0.05) is 26.2 Å². The minimum Gasteiger partial charge on any atom is -0.0533 e. The monoisotopic (exact) mass is 174 g/mol. The van der Waals surface area contributed by atoms with Gasteiger partial charge in [0.1, 0.15) is 0 Å². The van der Waals surface area contributed by atoms with E-state index in [-0.39, 0.29) is 26.2 Å². The quantitative estimate of drug-likeness (QED) is 0.530. The normalized spacial score (nSPS) is 20.6. The minimum atomic E-state index is 0. The van der Waals surface area contributed by atoms with Crippen molar-refractivity contribution in [1.82, 2.24) is 0 Å². The van der Waals surface area contributed by atoms with E-state index in [1.807, 2.05) is 0 Å². The maximum atomic E-state index is 1.50. The third-order valence-electron chi connectivity index (χ3n) is 1.50. The molecular formula is C6H12Zr. The first-order chi connectivity index (χ1) is 3.00. The molecule has 0 aromatic heterocycles. The van der Waals surface area contributed by atoms with Gasteiger partial charge in [-0.15, -0.1) is 0 Å². The molecule has 7 heavy (non-hydrogen) atoms. The van der Waals surface area contributed by atoms with Gasteiger partial charge in [0.05, 0.1) is 0 Å². The van der Waals surface area contributed by atoms with E-state index in [1.165, 1.54) is 38.5 Å². The Morgan fingerprint density at radius 1 is 0.429 bits per heavy atom. The summed E-state index contributed by atoms with van der Waals surface area (Å²) >= 11 is 0. The van der Waals surface area contributed by atoms with E-state index in [0.29, 0.717) is 0 Å². The Hall–Kier alpha value is 0.883. The number of hydrogen-bond donors (Lipinski definition) is 0. The van der Waals surface area contributed by atoms with Gasteiger partial charge in [-0.25, -0.2) is 0 Å². The topological polar surface area (TPSA) is 0 Å². The van der Waals surface area contributed by atoms with E-state index in [0.717, 1.165) is 0 Å². The Labute approximate surface area is 64.8 Å². The van der Waals surface area contributed by atoms with Crippen LogP contribution in [0.15, 0.2) is 0 Å². The molecule has 0 heterocycles. The van der Waals surface area contributed by atoms with Crippen molar-refractivity contribution in [2.45, 2.75) is 38.5 Å². The molecule has 1 aliphatic rings. The summed E-state index contributed by atoms with van der Waals surface area (Å²) in [5, 5.41) is 0. The molecule has 0 unspecified atom stereocenters. The van der Waals surface area contributed by atoms with Crippen LogP contribution in [0.1, 0.15) is 38.5 Å². The smallest absolute Gasteiger partial charge is 0 e. The van der Waals surface area contributed by atoms with Gasteiger partial charge in [0.2, 0.25) is 0 Å². The van der Waals surface area contributed by atoms with Crippen LogP contribution in [0.2, 0.25) is 0 Å². The van der Waals surface area contributed by atoms with Crippen LogP contribution in [0.4, 0.5) is 0 Å². The Morgan fingerprint density at radius 2 is 0.571 bits per heavy atom. The second-order valence-corrected chi connectivity index (χ2v) is 2.12. The molecule has 40 valence electrons. The van der Waals surface area contributed by atoms with E-state index in [4.69, 9.17) is 0 Å². The van der Waals surface area contributed by atoms with E-state index < -0.39 is 0 Å². The fraction of sp³-hybridized carbons (Fsp3) is 1.00. The Bertz CT molecular complexity index is 19.7. The fourth-order valence-corrected chi connectivity index (χ4v) is 1.06. The summed E-state index contributed by atoms with van der Waals surface area (Å²) in [6.45, 7) is 0. The Balaban J connectivity index is 0.000000360. The zero-order valence-electron chi connectivity index (χ0n) is 4.74. The van der Waals surface area contributed by atoms with Gasteiger partial charge in [0.15, 0.2) is 0 Å². The molecule has 0 atom stereocenters. The Morgan fingerprint density at radius 3 is 0.714 bits per heavy atom. The maximum Gasteiger partial charge on any atom is 0 e. The maximum absolute atomic E-state index is 1.50. The van der Waals surface area contributed by atoms with Crippen LogP contribution in [0.5, 0.6) is 0 Å². The summed E-state index contributed by atoms with van der Waals surface area (Å²) in [4.78, 5) is 0. The fourth-order valence-electron chi connectivity index (χ4n) is 1.06. The summed E-state index contributed by atoms with van der Waals surface area (Å²) < 4.78 is 0. The van der Waals surface area contributed by atoms with E-state index in [1.54, 1.807) is 0 Å². The van der Waals surface area contributed by atoms with Crippen LogP contribution in [0, 0.1) is 0 Å². The number of rotatable bonds is 0. The van der Waals surface area contributed by atoms with Crippen molar-refractivity contribution in [3.05, 3.63) is 0 Å². The van der Waals surface area contributed by atoms with Crippen LogP contribution in [-0.2, 0) is 26.2 Å². The average Bonchev–Trinajstić information content (AvgIpc) is 1.72. The molecule has 1 saturated carbocycles. The summed E-state index contributed by atoms with van der Waals surface area (Å²) in [7, 11) is 0. The van der Waals surface area contributed by atoms with Gasteiger partial charge in [-0.3, -0.25) is 0 Å². The second-order valence-electron chi connectivity index (χ2n) is 2.12.